The predicted molar refractivity (Wildman–Crippen MR) is 141 cm³/mol. The Hall–Kier alpha value is -3.19. The fourth-order valence-corrected chi connectivity index (χ4v) is 8.16. The number of nitrogens with zero attached hydrogens (tertiary/aromatic N) is 5. The summed E-state index contributed by atoms with van der Waals surface area (Å²) in [4.78, 5) is 23.9. The van der Waals surface area contributed by atoms with E-state index in [9.17, 15) is 21.6 Å². The van der Waals surface area contributed by atoms with E-state index in [1.54, 1.807) is 0 Å². The summed E-state index contributed by atoms with van der Waals surface area (Å²) in [5.74, 6) is -0.475. The first-order valence-electron chi connectivity index (χ1n) is 12.6. The molecule has 0 atom stereocenters. The van der Waals surface area contributed by atoms with Crippen LogP contribution in [0.5, 0.6) is 0 Å². The monoisotopic (exact) mass is 553 g/mol. The van der Waals surface area contributed by atoms with Crippen LogP contribution < -0.4 is 4.90 Å². The third kappa shape index (κ3) is 4.21. The Bertz CT molecular complexity index is 1610. The van der Waals surface area contributed by atoms with E-state index < -0.39 is 25.8 Å². The van der Waals surface area contributed by atoms with Crippen molar-refractivity contribution in [2.45, 2.75) is 29.1 Å². The molecule has 2 fully saturated rings. The Kier molecular flexibility index (Phi) is 6.29. The van der Waals surface area contributed by atoms with Crippen molar-refractivity contribution in [2.75, 3.05) is 44.2 Å². The lowest BCUT2D eigenvalue weighted by atomic mass is 10.1. The average Bonchev–Trinajstić information content (AvgIpc) is 3.24. The molecule has 198 valence electrons. The number of ketones is 1. The van der Waals surface area contributed by atoms with Crippen molar-refractivity contribution >= 4 is 31.5 Å². The highest BCUT2D eigenvalue weighted by Crippen LogP contribution is 2.36. The van der Waals surface area contributed by atoms with Crippen LogP contribution in [-0.2, 0) is 20.0 Å². The molecule has 2 aromatic heterocycles. The van der Waals surface area contributed by atoms with Gasteiger partial charge in [-0.2, -0.15) is 8.61 Å². The predicted octanol–water partition coefficient (Wildman–Crippen LogP) is 2.37. The van der Waals surface area contributed by atoms with Crippen molar-refractivity contribution in [1.82, 2.24) is 18.6 Å². The number of hydrogen-bond donors (Lipinski definition) is 0. The molecule has 3 aliphatic rings. The molecule has 0 spiro atoms. The van der Waals surface area contributed by atoms with E-state index in [0.717, 1.165) is 24.9 Å². The van der Waals surface area contributed by atoms with Crippen molar-refractivity contribution in [3.63, 3.8) is 0 Å². The molecular weight excluding hydrogens is 526 g/mol. The lowest BCUT2D eigenvalue weighted by Gasteiger charge is -2.35. The van der Waals surface area contributed by atoms with Crippen molar-refractivity contribution in [1.29, 1.82) is 0 Å². The van der Waals surface area contributed by atoms with E-state index in [0.29, 0.717) is 39.3 Å². The second-order valence-corrected chi connectivity index (χ2v) is 13.5. The molecule has 0 N–H and O–H groups in total. The van der Waals surface area contributed by atoms with Crippen molar-refractivity contribution in [3.8, 4) is 11.4 Å². The minimum atomic E-state index is -3.88. The first kappa shape index (κ1) is 25.1. The number of benzene rings is 1. The normalized spacial score (nSPS) is 18.8. The zero-order chi connectivity index (χ0) is 26.5. The number of fused-ring (bicyclic) bond motifs is 3. The van der Waals surface area contributed by atoms with Crippen LogP contribution in [0.2, 0.25) is 0 Å². The van der Waals surface area contributed by atoms with Crippen LogP contribution >= 0.6 is 0 Å². The van der Waals surface area contributed by atoms with Crippen LogP contribution in [0.25, 0.3) is 11.4 Å². The van der Waals surface area contributed by atoms with Crippen LogP contribution in [0.3, 0.4) is 0 Å². The lowest BCUT2D eigenvalue weighted by Crippen LogP contribution is -2.48. The third-order valence-corrected chi connectivity index (χ3v) is 11.1. The van der Waals surface area contributed by atoms with Crippen LogP contribution in [0.4, 0.5) is 5.69 Å². The Morgan fingerprint density at radius 1 is 0.632 bits per heavy atom. The van der Waals surface area contributed by atoms with Gasteiger partial charge in [0, 0.05) is 57.3 Å². The molecule has 12 heteroatoms. The van der Waals surface area contributed by atoms with E-state index >= 15 is 0 Å². The molecule has 6 rings (SSSR count). The third-order valence-electron chi connectivity index (χ3n) is 7.39. The molecule has 2 aliphatic heterocycles. The molecule has 4 heterocycles. The highest BCUT2D eigenvalue weighted by molar-refractivity contribution is 7.89. The van der Waals surface area contributed by atoms with E-state index in [1.807, 2.05) is 30.3 Å². The summed E-state index contributed by atoms with van der Waals surface area (Å²) in [7, 11) is -7.65. The average molecular weight is 554 g/mol. The van der Waals surface area contributed by atoms with E-state index in [4.69, 9.17) is 0 Å². The molecule has 1 aromatic carbocycles. The van der Waals surface area contributed by atoms with E-state index in [2.05, 4.69) is 14.9 Å². The van der Waals surface area contributed by atoms with Gasteiger partial charge in [0.05, 0.1) is 11.1 Å². The number of para-hydroxylation sites is 1. The molecule has 0 amide bonds. The second kappa shape index (κ2) is 9.53. The van der Waals surface area contributed by atoms with E-state index in [-0.39, 0.29) is 32.3 Å². The molecule has 0 bridgehead atoms. The molecule has 2 saturated heterocycles. The number of carbonyl (C=O) groups is 1. The molecule has 10 nitrogen and oxygen atoms in total. The Morgan fingerprint density at radius 3 is 1.66 bits per heavy atom. The molecule has 0 unspecified atom stereocenters. The Balaban J connectivity index is 1.24. The van der Waals surface area contributed by atoms with Gasteiger partial charge in [0.25, 0.3) is 0 Å². The fraction of sp³-hybridized carbons (Fsp3) is 0.346. The first-order chi connectivity index (χ1) is 18.3. The number of piperazine rings is 1. The van der Waals surface area contributed by atoms with Crippen LogP contribution in [0.15, 0.2) is 64.6 Å². The summed E-state index contributed by atoms with van der Waals surface area (Å²) >= 11 is 0. The van der Waals surface area contributed by atoms with Gasteiger partial charge in [-0.3, -0.25) is 14.8 Å². The second-order valence-electron chi connectivity index (χ2n) is 9.65. The quantitative estimate of drug-likeness (QED) is 0.369. The summed E-state index contributed by atoms with van der Waals surface area (Å²) in [6.45, 7) is 2.59. The van der Waals surface area contributed by atoms with Gasteiger partial charge < -0.3 is 4.90 Å². The Labute approximate surface area is 222 Å². The van der Waals surface area contributed by atoms with Gasteiger partial charge in [-0.05, 0) is 37.1 Å². The summed E-state index contributed by atoms with van der Waals surface area (Å²) in [5, 5.41) is 0. The van der Waals surface area contributed by atoms with Gasteiger partial charge in [-0.25, -0.2) is 16.8 Å². The highest BCUT2D eigenvalue weighted by Gasteiger charge is 2.36. The zero-order valence-corrected chi connectivity index (χ0v) is 22.3. The summed E-state index contributed by atoms with van der Waals surface area (Å²) in [6.07, 6.45) is 5.08. The fourth-order valence-electron chi connectivity index (χ4n) is 5.27. The van der Waals surface area contributed by atoms with Gasteiger partial charge in [0.15, 0.2) is 5.78 Å². The molecule has 0 radical (unpaired) electrons. The molecule has 38 heavy (non-hydrogen) atoms. The minimum Gasteiger partial charge on any atom is -0.369 e. The number of anilines is 1. The SMILES string of the molecule is O=C1c2cc(S(=O)(=O)N3CCCCC3)cnc2-c2ncc(S(=O)(=O)N3CCN(c4ccccc4)CC3)cc21. The maximum absolute atomic E-state index is 13.4. The van der Waals surface area contributed by atoms with Gasteiger partial charge in [0.2, 0.25) is 20.0 Å². The van der Waals surface area contributed by atoms with Gasteiger partial charge in [-0.1, -0.05) is 24.6 Å². The van der Waals surface area contributed by atoms with Crippen LogP contribution in [0, 0.1) is 0 Å². The number of carbonyl (C=O) groups excluding carboxylic acids is 1. The largest absolute Gasteiger partial charge is 0.369 e. The summed E-state index contributed by atoms with van der Waals surface area (Å²) in [5.41, 5.74) is 1.81. The molecular formula is C26H27N5O5S2. The zero-order valence-electron chi connectivity index (χ0n) is 20.7. The van der Waals surface area contributed by atoms with Gasteiger partial charge in [0.1, 0.15) is 21.2 Å². The first-order valence-corrected chi connectivity index (χ1v) is 15.5. The van der Waals surface area contributed by atoms with Crippen molar-refractivity contribution < 1.29 is 21.6 Å². The maximum Gasteiger partial charge on any atom is 0.244 e. The lowest BCUT2D eigenvalue weighted by molar-refractivity contribution is 0.104. The molecule has 3 aromatic rings. The summed E-state index contributed by atoms with van der Waals surface area (Å²) in [6, 6.07) is 12.5. The Morgan fingerprint density at radius 2 is 1.13 bits per heavy atom. The summed E-state index contributed by atoms with van der Waals surface area (Å²) < 4.78 is 55.9. The topological polar surface area (TPSA) is 121 Å². The number of aromatic nitrogens is 2. The van der Waals surface area contributed by atoms with Crippen LogP contribution in [0.1, 0.15) is 35.2 Å². The van der Waals surface area contributed by atoms with Gasteiger partial charge >= 0.3 is 0 Å². The van der Waals surface area contributed by atoms with Crippen molar-refractivity contribution in [3.05, 3.63) is 66.0 Å². The molecule has 0 saturated carbocycles. The number of piperidine rings is 1. The number of hydrogen-bond acceptors (Lipinski definition) is 8. The molecule has 1 aliphatic carbocycles. The number of pyridine rings is 2. The van der Waals surface area contributed by atoms with Crippen LogP contribution in [-0.4, -0.2) is 80.5 Å². The number of sulfonamides is 2. The van der Waals surface area contributed by atoms with Gasteiger partial charge in [-0.15, -0.1) is 0 Å². The number of rotatable bonds is 5. The minimum absolute atomic E-state index is 0.0385. The maximum atomic E-state index is 13.4. The smallest absolute Gasteiger partial charge is 0.244 e. The standard InChI is InChI=1S/C26H27N5O5S2/c32-26-22-15-20(37(33,34)30-9-5-2-6-10-30)17-27-24(22)25-23(26)16-21(18-28-25)38(35,36)31-13-11-29(12-14-31)19-7-3-1-4-8-19/h1,3-4,7-8,15-18H,2,5-6,9-14H2. The highest BCUT2D eigenvalue weighted by atomic mass is 32.2. The van der Waals surface area contributed by atoms with E-state index in [1.165, 1.54) is 33.1 Å². The van der Waals surface area contributed by atoms with Crippen molar-refractivity contribution in [2.24, 2.45) is 0 Å².